The Bertz CT molecular complexity index is 318. The van der Waals surface area contributed by atoms with Gasteiger partial charge in [-0.25, -0.2) is 0 Å². The fraction of sp³-hybridized carbons (Fsp3) is 0.500. The molecule has 0 heterocycles. The molecular weight excluding hydrogens is 174 g/mol. The van der Waals surface area contributed by atoms with Gasteiger partial charge in [-0.1, -0.05) is 19.1 Å². The number of hydrogen-bond acceptors (Lipinski definition) is 2. The molecule has 1 saturated carbocycles. The average molecular weight is 191 g/mol. The molecule has 2 nitrogen and oxygen atoms in total. The third-order valence-corrected chi connectivity index (χ3v) is 2.73. The first kappa shape index (κ1) is 9.53. The van der Waals surface area contributed by atoms with E-state index in [9.17, 15) is 0 Å². The summed E-state index contributed by atoms with van der Waals surface area (Å²) in [6, 6.07) is 8.23. The lowest BCUT2D eigenvalue weighted by atomic mass is 10.2. The predicted octanol–water partition coefficient (Wildman–Crippen LogP) is 2.12. The first-order valence-electron chi connectivity index (χ1n) is 5.22. The molecule has 14 heavy (non-hydrogen) atoms. The highest BCUT2D eigenvalue weighted by atomic mass is 16.5. The number of aryl methyl sites for hydroxylation is 1. The highest BCUT2D eigenvalue weighted by Gasteiger charge is 2.39. The van der Waals surface area contributed by atoms with Crippen LogP contribution in [0, 0.1) is 0 Å². The molecule has 1 fully saturated rings. The van der Waals surface area contributed by atoms with Gasteiger partial charge in [0.1, 0.15) is 12.4 Å². The zero-order valence-corrected chi connectivity index (χ0v) is 8.62. The summed E-state index contributed by atoms with van der Waals surface area (Å²) in [6.45, 7) is 2.80. The van der Waals surface area contributed by atoms with Crippen molar-refractivity contribution < 1.29 is 4.74 Å². The summed E-state index contributed by atoms with van der Waals surface area (Å²) in [4.78, 5) is 0. The van der Waals surface area contributed by atoms with Crippen LogP contribution < -0.4 is 10.5 Å². The Morgan fingerprint density at radius 2 is 2.21 bits per heavy atom. The molecule has 2 rings (SSSR count). The molecule has 0 atom stereocenters. The molecule has 1 aromatic rings. The molecule has 0 unspecified atom stereocenters. The van der Waals surface area contributed by atoms with Gasteiger partial charge in [0.05, 0.1) is 5.54 Å². The molecule has 0 saturated heterocycles. The van der Waals surface area contributed by atoms with Gasteiger partial charge < -0.3 is 10.5 Å². The summed E-state index contributed by atoms with van der Waals surface area (Å²) < 4.78 is 5.65. The van der Waals surface area contributed by atoms with E-state index < -0.39 is 0 Å². The van der Waals surface area contributed by atoms with Gasteiger partial charge in [0.25, 0.3) is 0 Å². The van der Waals surface area contributed by atoms with E-state index in [1.807, 2.05) is 12.1 Å². The van der Waals surface area contributed by atoms with Crippen molar-refractivity contribution in [3.8, 4) is 5.75 Å². The van der Waals surface area contributed by atoms with Crippen molar-refractivity contribution in [2.45, 2.75) is 31.7 Å². The zero-order chi connectivity index (χ0) is 10.0. The minimum absolute atomic E-state index is 0.0256. The van der Waals surface area contributed by atoms with E-state index in [-0.39, 0.29) is 5.54 Å². The van der Waals surface area contributed by atoms with Crippen LogP contribution in [-0.4, -0.2) is 12.1 Å². The zero-order valence-electron chi connectivity index (χ0n) is 8.62. The summed E-state index contributed by atoms with van der Waals surface area (Å²) >= 11 is 0. The SMILES string of the molecule is CCc1cccc(OCC2(N)CC2)c1. The van der Waals surface area contributed by atoms with Crippen LogP contribution >= 0.6 is 0 Å². The van der Waals surface area contributed by atoms with Crippen LogP contribution in [0.3, 0.4) is 0 Å². The van der Waals surface area contributed by atoms with Crippen molar-refractivity contribution >= 4 is 0 Å². The fourth-order valence-corrected chi connectivity index (χ4v) is 1.39. The lowest BCUT2D eigenvalue weighted by Gasteiger charge is -2.11. The second-order valence-corrected chi connectivity index (χ2v) is 4.15. The highest BCUT2D eigenvalue weighted by Crippen LogP contribution is 2.32. The fourth-order valence-electron chi connectivity index (χ4n) is 1.39. The van der Waals surface area contributed by atoms with Crippen LogP contribution in [0.2, 0.25) is 0 Å². The van der Waals surface area contributed by atoms with Crippen LogP contribution in [0.4, 0.5) is 0 Å². The van der Waals surface area contributed by atoms with Gasteiger partial charge in [0.2, 0.25) is 0 Å². The average Bonchev–Trinajstić information content (AvgIpc) is 2.95. The number of ether oxygens (including phenoxy) is 1. The maximum Gasteiger partial charge on any atom is 0.119 e. The third-order valence-electron chi connectivity index (χ3n) is 2.73. The van der Waals surface area contributed by atoms with Gasteiger partial charge in [0.15, 0.2) is 0 Å². The summed E-state index contributed by atoms with van der Waals surface area (Å²) in [5.41, 5.74) is 7.22. The Labute approximate surface area is 85.1 Å². The van der Waals surface area contributed by atoms with Crippen LogP contribution in [-0.2, 0) is 6.42 Å². The molecule has 1 aliphatic carbocycles. The summed E-state index contributed by atoms with van der Waals surface area (Å²) in [5.74, 6) is 0.945. The Hall–Kier alpha value is -1.02. The first-order chi connectivity index (χ1) is 6.72. The smallest absolute Gasteiger partial charge is 0.119 e. The maximum atomic E-state index is 5.94. The van der Waals surface area contributed by atoms with Crippen molar-refractivity contribution in [3.63, 3.8) is 0 Å². The van der Waals surface area contributed by atoms with E-state index in [1.54, 1.807) is 0 Å². The molecule has 76 valence electrons. The summed E-state index contributed by atoms with van der Waals surface area (Å²) in [5, 5.41) is 0. The first-order valence-corrected chi connectivity index (χ1v) is 5.22. The van der Waals surface area contributed by atoms with Crippen LogP contribution in [0.5, 0.6) is 5.75 Å². The van der Waals surface area contributed by atoms with E-state index in [1.165, 1.54) is 5.56 Å². The molecule has 0 aromatic heterocycles. The van der Waals surface area contributed by atoms with E-state index in [4.69, 9.17) is 10.5 Å². The van der Waals surface area contributed by atoms with Gasteiger partial charge in [-0.15, -0.1) is 0 Å². The lowest BCUT2D eigenvalue weighted by molar-refractivity contribution is 0.279. The number of rotatable bonds is 4. The Morgan fingerprint density at radius 1 is 1.43 bits per heavy atom. The minimum Gasteiger partial charge on any atom is -0.492 e. The molecule has 0 radical (unpaired) electrons. The maximum absolute atomic E-state index is 5.94. The van der Waals surface area contributed by atoms with E-state index in [2.05, 4.69) is 19.1 Å². The van der Waals surface area contributed by atoms with Gasteiger partial charge >= 0.3 is 0 Å². The van der Waals surface area contributed by atoms with E-state index >= 15 is 0 Å². The number of benzene rings is 1. The second kappa shape index (κ2) is 3.62. The van der Waals surface area contributed by atoms with Gasteiger partial charge in [-0.05, 0) is 37.0 Å². The molecular formula is C12H17NO. The Balaban J connectivity index is 1.94. The van der Waals surface area contributed by atoms with Crippen molar-refractivity contribution in [2.24, 2.45) is 5.73 Å². The molecule has 0 bridgehead atoms. The molecule has 1 aliphatic rings. The predicted molar refractivity (Wildman–Crippen MR) is 57.5 cm³/mol. The number of hydrogen-bond donors (Lipinski definition) is 1. The van der Waals surface area contributed by atoms with Gasteiger partial charge in [-0.2, -0.15) is 0 Å². The van der Waals surface area contributed by atoms with E-state index in [0.29, 0.717) is 6.61 Å². The highest BCUT2D eigenvalue weighted by molar-refractivity contribution is 5.28. The van der Waals surface area contributed by atoms with Crippen LogP contribution in [0.15, 0.2) is 24.3 Å². The topological polar surface area (TPSA) is 35.2 Å². The molecule has 2 N–H and O–H groups in total. The molecule has 2 heteroatoms. The quantitative estimate of drug-likeness (QED) is 0.791. The standard InChI is InChI=1S/C12H17NO/c1-2-10-4-3-5-11(8-10)14-9-12(13)6-7-12/h3-5,8H,2,6-7,9,13H2,1H3. The van der Waals surface area contributed by atoms with Gasteiger partial charge in [-0.3, -0.25) is 0 Å². The molecule has 0 spiro atoms. The Kier molecular flexibility index (Phi) is 2.46. The number of nitrogens with two attached hydrogens (primary N) is 1. The Morgan fingerprint density at radius 3 is 2.86 bits per heavy atom. The second-order valence-electron chi connectivity index (χ2n) is 4.15. The molecule has 0 amide bonds. The summed E-state index contributed by atoms with van der Waals surface area (Å²) in [7, 11) is 0. The molecule has 1 aromatic carbocycles. The normalized spacial score (nSPS) is 17.9. The van der Waals surface area contributed by atoms with Crippen LogP contribution in [0.25, 0.3) is 0 Å². The monoisotopic (exact) mass is 191 g/mol. The van der Waals surface area contributed by atoms with Crippen molar-refractivity contribution in [1.82, 2.24) is 0 Å². The third kappa shape index (κ3) is 2.26. The van der Waals surface area contributed by atoms with Crippen molar-refractivity contribution in [1.29, 1.82) is 0 Å². The van der Waals surface area contributed by atoms with E-state index in [0.717, 1.165) is 25.0 Å². The van der Waals surface area contributed by atoms with Crippen molar-refractivity contribution in [2.75, 3.05) is 6.61 Å². The molecule has 0 aliphatic heterocycles. The lowest BCUT2D eigenvalue weighted by Crippen LogP contribution is -2.29. The van der Waals surface area contributed by atoms with Gasteiger partial charge in [0, 0.05) is 0 Å². The van der Waals surface area contributed by atoms with Crippen molar-refractivity contribution in [3.05, 3.63) is 29.8 Å². The minimum atomic E-state index is -0.0256. The van der Waals surface area contributed by atoms with Crippen LogP contribution in [0.1, 0.15) is 25.3 Å². The summed E-state index contributed by atoms with van der Waals surface area (Å²) in [6.07, 6.45) is 3.24. The largest absolute Gasteiger partial charge is 0.492 e.